The monoisotopic (exact) mass is 755 g/mol. The number of allylic oxidation sites excluding steroid dienone is 1. The molecule has 4 heteroatoms. The molecule has 0 saturated heterocycles. The fourth-order valence-corrected chi connectivity index (χ4v) is 10.5. The Labute approximate surface area is 339 Å². The van der Waals surface area contributed by atoms with E-state index < -0.39 is 0 Å². The van der Waals surface area contributed by atoms with Gasteiger partial charge in [-0.3, -0.25) is 0 Å². The summed E-state index contributed by atoms with van der Waals surface area (Å²) in [5.74, 6) is 0. The molecule has 4 nitrogen and oxygen atoms in total. The predicted molar refractivity (Wildman–Crippen MR) is 241 cm³/mol. The van der Waals surface area contributed by atoms with Crippen LogP contribution >= 0.6 is 0 Å². The van der Waals surface area contributed by atoms with Gasteiger partial charge in [-0.05, 0) is 84.0 Å². The molecule has 0 radical (unpaired) electrons. The van der Waals surface area contributed by atoms with Crippen LogP contribution in [0.4, 0.5) is 0 Å². The topological polar surface area (TPSA) is 25.3 Å². The van der Waals surface area contributed by atoms with Crippen LogP contribution < -0.4 is 9.13 Å². The minimum absolute atomic E-state index is 0.0310. The second kappa shape index (κ2) is 12.6. The van der Waals surface area contributed by atoms with Gasteiger partial charge in [0.05, 0.1) is 28.5 Å². The zero-order chi connectivity index (χ0) is 39.5. The number of aromatic nitrogens is 3. The van der Waals surface area contributed by atoms with Crippen molar-refractivity contribution in [2.45, 2.75) is 77.7 Å². The van der Waals surface area contributed by atoms with Crippen LogP contribution in [0.15, 0.2) is 145 Å². The van der Waals surface area contributed by atoms with Gasteiger partial charge in [-0.15, -0.1) is 0 Å². The van der Waals surface area contributed by atoms with E-state index in [0.717, 1.165) is 54.4 Å². The van der Waals surface area contributed by atoms with Gasteiger partial charge in [-0.2, -0.15) is 9.13 Å². The molecule has 10 aromatic rings. The van der Waals surface area contributed by atoms with Crippen molar-refractivity contribution in [2.75, 3.05) is 0 Å². The summed E-state index contributed by atoms with van der Waals surface area (Å²) in [7, 11) is 0. The highest BCUT2D eigenvalue weighted by Crippen LogP contribution is 2.47. The summed E-state index contributed by atoms with van der Waals surface area (Å²) >= 11 is 0. The van der Waals surface area contributed by atoms with Crippen LogP contribution in [0.2, 0.25) is 0 Å². The molecular formula is C54H49N3O+2. The first-order chi connectivity index (χ1) is 28.2. The van der Waals surface area contributed by atoms with Crippen LogP contribution in [0.5, 0.6) is 0 Å². The van der Waals surface area contributed by atoms with Crippen molar-refractivity contribution in [3.8, 4) is 22.5 Å². The summed E-state index contributed by atoms with van der Waals surface area (Å²) in [6, 6.07) is 45.3. The van der Waals surface area contributed by atoms with Crippen molar-refractivity contribution < 1.29 is 13.6 Å². The first-order valence-corrected chi connectivity index (χ1v) is 21.1. The fourth-order valence-electron chi connectivity index (χ4n) is 10.5. The molecule has 0 atom stereocenters. The minimum atomic E-state index is -0.220. The summed E-state index contributed by atoms with van der Waals surface area (Å²) in [6.45, 7) is 16.6. The molecule has 0 amide bonds. The van der Waals surface area contributed by atoms with Crippen LogP contribution in [-0.4, -0.2) is 4.40 Å². The van der Waals surface area contributed by atoms with Gasteiger partial charge >= 0.3 is 0 Å². The molecule has 6 heterocycles. The Hall–Kier alpha value is -6.26. The molecule has 0 aliphatic carbocycles. The van der Waals surface area contributed by atoms with E-state index in [-0.39, 0.29) is 11.0 Å². The van der Waals surface area contributed by atoms with Crippen molar-refractivity contribution in [1.29, 1.82) is 0 Å². The van der Waals surface area contributed by atoms with Gasteiger partial charge in [-0.25, -0.2) is 0 Å². The van der Waals surface area contributed by atoms with Crippen LogP contribution in [-0.2, 0) is 23.8 Å². The third-order valence-corrected chi connectivity index (χ3v) is 13.6. The number of pyridine rings is 2. The van der Waals surface area contributed by atoms with E-state index in [1.807, 2.05) is 0 Å². The Kier molecular flexibility index (Phi) is 7.60. The van der Waals surface area contributed by atoms with Gasteiger partial charge < -0.3 is 8.82 Å². The zero-order valence-corrected chi connectivity index (χ0v) is 34.2. The fraction of sp³-hybridized carbons (Fsp3) is 0.222. The zero-order valence-electron chi connectivity index (χ0n) is 34.2. The normalized spacial score (nSPS) is 14.7. The lowest BCUT2D eigenvalue weighted by Crippen LogP contribution is -2.58. The number of nitrogens with zero attached hydrogens (tertiary/aromatic N) is 3. The van der Waals surface area contributed by atoms with Gasteiger partial charge in [-0.1, -0.05) is 89.2 Å². The van der Waals surface area contributed by atoms with Crippen molar-refractivity contribution in [3.05, 3.63) is 157 Å². The largest absolute Gasteiger partial charge is 0.456 e. The number of para-hydroxylation sites is 2. The van der Waals surface area contributed by atoms with E-state index in [1.54, 1.807) is 0 Å². The number of furan rings is 1. The van der Waals surface area contributed by atoms with Crippen molar-refractivity contribution in [3.63, 3.8) is 0 Å². The molecule has 58 heavy (non-hydrogen) atoms. The van der Waals surface area contributed by atoms with E-state index in [9.17, 15) is 0 Å². The van der Waals surface area contributed by atoms with Crippen molar-refractivity contribution in [2.24, 2.45) is 0 Å². The summed E-state index contributed by atoms with van der Waals surface area (Å²) in [4.78, 5) is 0. The van der Waals surface area contributed by atoms with Crippen LogP contribution in [0.1, 0.15) is 70.6 Å². The summed E-state index contributed by atoms with van der Waals surface area (Å²) in [5.41, 5.74) is 15.6. The lowest BCUT2D eigenvalue weighted by Gasteiger charge is -2.29. The number of hydrogen-bond donors (Lipinski definition) is 0. The van der Waals surface area contributed by atoms with Gasteiger partial charge in [0.15, 0.2) is 23.6 Å². The second-order valence-corrected chi connectivity index (χ2v) is 17.7. The molecule has 0 saturated carbocycles. The molecule has 5 aromatic carbocycles. The number of hydrogen-bond acceptors (Lipinski definition) is 1. The van der Waals surface area contributed by atoms with Crippen LogP contribution in [0.25, 0.3) is 88.2 Å². The third kappa shape index (κ3) is 4.93. The van der Waals surface area contributed by atoms with Gasteiger partial charge in [0, 0.05) is 75.0 Å². The Morgan fingerprint density at radius 2 is 1.38 bits per heavy atom. The number of rotatable bonds is 2. The first-order valence-electron chi connectivity index (χ1n) is 21.1. The molecule has 1 aliphatic heterocycles. The highest BCUT2D eigenvalue weighted by Gasteiger charge is 2.43. The Balaban J connectivity index is 1.31. The maximum atomic E-state index is 6.69. The van der Waals surface area contributed by atoms with E-state index in [1.165, 1.54) is 82.7 Å². The third-order valence-electron chi connectivity index (χ3n) is 13.6. The molecule has 11 rings (SSSR count). The second-order valence-electron chi connectivity index (χ2n) is 17.7. The molecule has 5 aromatic heterocycles. The molecule has 0 spiro atoms. The van der Waals surface area contributed by atoms with Gasteiger partial charge in [0.2, 0.25) is 11.4 Å². The average molecular weight is 756 g/mol. The Bertz CT molecular complexity index is 3290. The van der Waals surface area contributed by atoms with E-state index in [2.05, 4.69) is 182 Å². The molecule has 0 unspecified atom stereocenters. The average Bonchev–Trinajstić information content (AvgIpc) is 3.90. The van der Waals surface area contributed by atoms with Crippen molar-refractivity contribution in [1.82, 2.24) is 4.40 Å². The number of fused-ring (bicyclic) bond motifs is 16. The van der Waals surface area contributed by atoms with Crippen LogP contribution in [0.3, 0.4) is 0 Å². The molecule has 0 N–H and O–H groups in total. The molecular weight excluding hydrogens is 707 g/mol. The summed E-state index contributed by atoms with van der Waals surface area (Å²) < 4.78 is 14.2. The summed E-state index contributed by atoms with van der Waals surface area (Å²) in [6.07, 6.45) is 9.14. The van der Waals surface area contributed by atoms with E-state index in [0.29, 0.717) is 0 Å². The smallest absolute Gasteiger partial charge is 0.218 e. The highest BCUT2D eigenvalue weighted by molar-refractivity contribution is 6.35. The summed E-state index contributed by atoms with van der Waals surface area (Å²) in [5, 5.41) is 7.40. The molecule has 284 valence electrons. The lowest BCUT2D eigenvalue weighted by molar-refractivity contribution is -0.758. The van der Waals surface area contributed by atoms with Crippen molar-refractivity contribution >= 4 is 65.7 Å². The van der Waals surface area contributed by atoms with E-state index in [4.69, 9.17) is 11.0 Å². The standard InChI is InChI=1S/C54H49N3O/c1-7-54(8-2)33-34(3)55-27-16-15-21-44(55)38-18-10-9-17-35(38)24-25-36-29-47-43(31-41(36)46-30-37(53(4,5)6)26-28-56(46)54)51-50-40-20-12-14-23-48(40)58-49(50)32-42-39-19-11-13-22-45(39)57(47)52(42)51/h9-23,26-32H,3,7-8,24-25,33H2,1-2,4-6H3/q+2. The van der Waals surface area contributed by atoms with E-state index >= 15 is 0 Å². The Morgan fingerprint density at radius 1 is 0.638 bits per heavy atom. The molecule has 0 fully saturated rings. The number of benzene rings is 5. The highest BCUT2D eigenvalue weighted by atomic mass is 16.3. The van der Waals surface area contributed by atoms with Gasteiger partial charge in [0.1, 0.15) is 11.2 Å². The predicted octanol–water partition coefficient (Wildman–Crippen LogP) is 13.1. The molecule has 0 bridgehead atoms. The van der Waals surface area contributed by atoms with Gasteiger partial charge in [0.25, 0.3) is 0 Å². The molecule has 1 aliphatic rings. The first kappa shape index (κ1) is 34.9. The SMILES string of the molecule is C=C1CC(CC)(CC)[n+]2ccc(C(C)(C)C)cc2-c2cc3c4c5c(cc6c7ccccc7n(c3cc2CCc2ccccc2-c2cccc[n+]21)c64)oc1ccccc15. The Morgan fingerprint density at radius 3 is 2.21 bits per heavy atom. The maximum absolute atomic E-state index is 6.69. The van der Waals surface area contributed by atoms with Crippen LogP contribution in [0, 0.1) is 0 Å². The minimum Gasteiger partial charge on any atom is -0.456 e. The lowest BCUT2D eigenvalue weighted by atomic mass is 9.83. The quantitative estimate of drug-likeness (QED) is 0.161. The maximum Gasteiger partial charge on any atom is 0.218 e. The number of aryl methyl sites for hydroxylation is 2.